The standard InChI is InChI=1S/C16H14BrNO/c1-11-14-4-2-3-5-15(14)18(16(11)19)10-12-6-8-13(17)9-7-12/h2-9,14-15H,1,10H2. The Morgan fingerprint density at radius 3 is 2.58 bits per heavy atom. The van der Waals surface area contributed by atoms with Gasteiger partial charge in [0.15, 0.2) is 0 Å². The highest BCUT2D eigenvalue weighted by atomic mass is 79.9. The van der Waals surface area contributed by atoms with Gasteiger partial charge < -0.3 is 4.90 Å². The van der Waals surface area contributed by atoms with Crippen LogP contribution in [0.5, 0.6) is 0 Å². The molecule has 1 aromatic carbocycles. The summed E-state index contributed by atoms with van der Waals surface area (Å²) in [5, 5.41) is 0. The second-order valence-electron chi connectivity index (χ2n) is 4.87. The number of carbonyl (C=O) groups is 1. The number of hydrogen-bond acceptors (Lipinski definition) is 1. The Bertz CT molecular complexity index is 585. The Hall–Kier alpha value is -1.61. The number of hydrogen-bond donors (Lipinski definition) is 0. The second kappa shape index (κ2) is 4.82. The molecule has 1 fully saturated rings. The molecule has 0 radical (unpaired) electrons. The van der Waals surface area contributed by atoms with Gasteiger partial charge in [-0.1, -0.05) is 58.9 Å². The average molecular weight is 316 g/mol. The highest BCUT2D eigenvalue weighted by Gasteiger charge is 2.40. The van der Waals surface area contributed by atoms with Crippen LogP contribution in [-0.4, -0.2) is 16.8 Å². The lowest BCUT2D eigenvalue weighted by molar-refractivity contribution is -0.126. The van der Waals surface area contributed by atoms with E-state index in [1.165, 1.54) is 0 Å². The fourth-order valence-corrected chi connectivity index (χ4v) is 2.91. The minimum atomic E-state index is 0.0640. The van der Waals surface area contributed by atoms with Crippen molar-refractivity contribution in [1.29, 1.82) is 0 Å². The average Bonchev–Trinajstić information content (AvgIpc) is 2.67. The van der Waals surface area contributed by atoms with Crippen molar-refractivity contribution in [2.75, 3.05) is 0 Å². The van der Waals surface area contributed by atoms with Crippen LogP contribution in [0.4, 0.5) is 0 Å². The van der Waals surface area contributed by atoms with Crippen LogP contribution in [-0.2, 0) is 11.3 Å². The van der Waals surface area contributed by atoms with E-state index in [0.29, 0.717) is 12.1 Å². The first-order valence-corrected chi connectivity index (χ1v) is 7.05. The summed E-state index contributed by atoms with van der Waals surface area (Å²) in [5.41, 5.74) is 1.83. The van der Waals surface area contributed by atoms with Crippen LogP contribution in [0.1, 0.15) is 5.56 Å². The van der Waals surface area contributed by atoms with Crippen LogP contribution in [0.2, 0.25) is 0 Å². The number of carbonyl (C=O) groups excluding carboxylic acids is 1. The zero-order valence-corrected chi connectivity index (χ0v) is 12.0. The predicted octanol–water partition coefficient (Wildman–Crippen LogP) is 3.46. The van der Waals surface area contributed by atoms with Crippen molar-refractivity contribution < 1.29 is 4.79 Å². The summed E-state index contributed by atoms with van der Waals surface area (Å²) in [4.78, 5) is 14.2. The van der Waals surface area contributed by atoms with E-state index in [9.17, 15) is 4.79 Å². The summed E-state index contributed by atoms with van der Waals surface area (Å²) in [6.07, 6.45) is 8.14. The maximum absolute atomic E-state index is 12.3. The number of benzene rings is 1. The zero-order chi connectivity index (χ0) is 13.4. The normalized spacial score (nSPS) is 25.0. The molecule has 1 aromatic rings. The number of amides is 1. The molecule has 1 saturated heterocycles. The topological polar surface area (TPSA) is 20.3 Å². The number of rotatable bonds is 2. The second-order valence-corrected chi connectivity index (χ2v) is 5.79. The van der Waals surface area contributed by atoms with Crippen LogP contribution in [0, 0.1) is 5.92 Å². The van der Waals surface area contributed by atoms with Gasteiger partial charge in [0.25, 0.3) is 5.91 Å². The minimum absolute atomic E-state index is 0.0640. The van der Waals surface area contributed by atoms with Gasteiger partial charge in [0.05, 0.1) is 6.04 Å². The molecule has 19 heavy (non-hydrogen) atoms. The molecule has 0 bridgehead atoms. The molecular weight excluding hydrogens is 302 g/mol. The third kappa shape index (κ3) is 2.19. The lowest BCUT2D eigenvalue weighted by atomic mass is 9.93. The van der Waals surface area contributed by atoms with Gasteiger partial charge >= 0.3 is 0 Å². The SMILES string of the molecule is C=C1C(=O)N(Cc2ccc(Br)cc2)C2C=CC=CC12. The van der Waals surface area contributed by atoms with Crippen LogP contribution in [0.3, 0.4) is 0 Å². The lowest BCUT2D eigenvalue weighted by Gasteiger charge is -2.25. The summed E-state index contributed by atoms with van der Waals surface area (Å²) in [5.74, 6) is 0.196. The quantitative estimate of drug-likeness (QED) is 0.765. The van der Waals surface area contributed by atoms with E-state index in [0.717, 1.165) is 10.0 Å². The molecule has 2 unspecified atom stereocenters. The Morgan fingerprint density at radius 2 is 1.84 bits per heavy atom. The van der Waals surface area contributed by atoms with Crippen molar-refractivity contribution in [3.63, 3.8) is 0 Å². The summed E-state index contributed by atoms with van der Waals surface area (Å²) in [6.45, 7) is 4.57. The van der Waals surface area contributed by atoms with Gasteiger partial charge in [-0.15, -0.1) is 0 Å². The van der Waals surface area contributed by atoms with E-state index < -0.39 is 0 Å². The Kier molecular flexibility index (Phi) is 3.15. The molecule has 0 saturated carbocycles. The highest BCUT2D eigenvalue weighted by Crippen LogP contribution is 2.34. The molecule has 1 heterocycles. The van der Waals surface area contributed by atoms with Crippen molar-refractivity contribution >= 4 is 21.8 Å². The van der Waals surface area contributed by atoms with Crippen molar-refractivity contribution in [3.05, 3.63) is 70.8 Å². The monoisotopic (exact) mass is 315 g/mol. The molecular formula is C16H14BrNO. The van der Waals surface area contributed by atoms with Crippen LogP contribution < -0.4 is 0 Å². The molecule has 1 aliphatic heterocycles. The molecule has 0 N–H and O–H groups in total. The van der Waals surface area contributed by atoms with Gasteiger partial charge in [-0.3, -0.25) is 4.79 Å². The Balaban J connectivity index is 1.86. The summed E-state index contributed by atoms with van der Waals surface area (Å²) in [6, 6.07) is 8.19. The predicted molar refractivity (Wildman–Crippen MR) is 79.4 cm³/mol. The van der Waals surface area contributed by atoms with Crippen molar-refractivity contribution in [3.8, 4) is 0 Å². The zero-order valence-electron chi connectivity index (χ0n) is 10.4. The molecule has 0 spiro atoms. The van der Waals surface area contributed by atoms with Gasteiger partial charge in [-0.2, -0.15) is 0 Å². The maximum atomic E-state index is 12.3. The molecule has 3 rings (SSSR count). The van der Waals surface area contributed by atoms with Gasteiger partial charge in [0.1, 0.15) is 0 Å². The van der Waals surface area contributed by atoms with Crippen molar-refractivity contribution in [2.45, 2.75) is 12.6 Å². The van der Waals surface area contributed by atoms with E-state index in [4.69, 9.17) is 0 Å². The van der Waals surface area contributed by atoms with Gasteiger partial charge in [-0.25, -0.2) is 0 Å². The summed E-state index contributed by atoms with van der Waals surface area (Å²) >= 11 is 3.42. The van der Waals surface area contributed by atoms with E-state index in [2.05, 4.69) is 34.7 Å². The van der Waals surface area contributed by atoms with E-state index >= 15 is 0 Å². The summed E-state index contributed by atoms with van der Waals surface area (Å²) < 4.78 is 1.05. The van der Waals surface area contributed by atoms with E-state index in [1.807, 2.05) is 41.3 Å². The highest BCUT2D eigenvalue weighted by molar-refractivity contribution is 9.10. The lowest BCUT2D eigenvalue weighted by Crippen LogP contribution is -2.33. The third-order valence-electron chi connectivity index (χ3n) is 3.67. The molecule has 3 heteroatoms. The van der Waals surface area contributed by atoms with Crippen LogP contribution in [0.25, 0.3) is 0 Å². The Morgan fingerprint density at radius 1 is 1.16 bits per heavy atom. The van der Waals surface area contributed by atoms with Crippen LogP contribution >= 0.6 is 15.9 Å². The molecule has 96 valence electrons. The molecule has 0 aromatic heterocycles. The first-order valence-electron chi connectivity index (χ1n) is 6.26. The molecule has 1 aliphatic carbocycles. The Labute approximate surface area is 121 Å². The van der Waals surface area contributed by atoms with Crippen molar-refractivity contribution in [1.82, 2.24) is 4.90 Å². The summed E-state index contributed by atoms with van der Waals surface area (Å²) in [7, 11) is 0. The fourth-order valence-electron chi connectivity index (χ4n) is 2.64. The van der Waals surface area contributed by atoms with Gasteiger partial charge in [-0.05, 0) is 17.7 Å². The largest absolute Gasteiger partial charge is 0.327 e. The van der Waals surface area contributed by atoms with Crippen molar-refractivity contribution in [2.24, 2.45) is 5.92 Å². The smallest absolute Gasteiger partial charge is 0.250 e. The number of likely N-dealkylation sites (tertiary alicyclic amines) is 1. The first kappa shape index (κ1) is 12.4. The number of halogens is 1. The van der Waals surface area contributed by atoms with Crippen LogP contribution in [0.15, 0.2) is 65.2 Å². The van der Waals surface area contributed by atoms with E-state index in [-0.39, 0.29) is 17.9 Å². The van der Waals surface area contributed by atoms with E-state index in [1.54, 1.807) is 0 Å². The first-order chi connectivity index (χ1) is 9.16. The van der Waals surface area contributed by atoms with Gasteiger partial charge in [0, 0.05) is 22.5 Å². The minimum Gasteiger partial charge on any atom is -0.327 e. The fraction of sp³-hybridized carbons (Fsp3) is 0.188. The number of allylic oxidation sites excluding steroid dienone is 2. The molecule has 1 amide bonds. The number of fused-ring (bicyclic) bond motifs is 1. The molecule has 2 nitrogen and oxygen atoms in total. The van der Waals surface area contributed by atoms with Gasteiger partial charge in [0.2, 0.25) is 0 Å². The maximum Gasteiger partial charge on any atom is 0.250 e. The molecule has 2 atom stereocenters. The number of nitrogens with zero attached hydrogens (tertiary/aromatic N) is 1. The molecule has 2 aliphatic rings. The third-order valence-corrected chi connectivity index (χ3v) is 4.20.